The highest BCUT2D eigenvalue weighted by atomic mass is 19.1. The van der Waals surface area contributed by atoms with Gasteiger partial charge in [-0.15, -0.1) is 0 Å². The lowest BCUT2D eigenvalue weighted by atomic mass is 9.95. The van der Waals surface area contributed by atoms with E-state index >= 15 is 0 Å². The molecule has 1 fully saturated rings. The van der Waals surface area contributed by atoms with Crippen molar-refractivity contribution in [3.05, 3.63) is 65.0 Å². The van der Waals surface area contributed by atoms with E-state index in [0.717, 1.165) is 42.7 Å². The van der Waals surface area contributed by atoms with Gasteiger partial charge in [0, 0.05) is 30.9 Å². The number of piperidine rings is 1. The Morgan fingerprint density at radius 2 is 2.07 bits per heavy atom. The van der Waals surface area contributed by atoms with Crippen molar-refractivity contribution in [2.75, 3.05) is 31.1 Å². The molecule has 2 aliphatic rings. The lowest BCUT2D eigenvalue weighted by molar-refractivity contribution is 0.0875. The van der Waals surface area contributed by atoms with E-state index in [9.17, 15) is 14.3 Å². The molecule has 2 atom stereocenters. The van der Waals surface area contributed by atoms with Crippen molar-refractivity contribution in [3.63, 3.8) is 0 Å². The van der Waals surface area contributed by atoms with Gasteiger partial charge in [-0.1, -0.05) is 25.1 Å². The number of β-amino-alcohol motifs (C(OH)–C–C–N with tert-alkyl or cyclic N) is 1. The highest BCUT2D eigenvalue weighted by molar-refractivity contribution is 6.06. The quantitative estimate of drug-likeness (QED) is 0.843. The average molecular weight is 397 g/mol. The van der Waals surface area contributed by atoms with Crippen molar-refractivity contribution < 1.29 is 14.3 Å². The highest BCUT2D eigenvalue weighted by Crippen LogP contribution is 2.31. The molecule has 4 rings (SSSR count). The molecule has 2 aromatic rings. The summed E-state index contributed by atoms with van der Waals surface area (Å²) in [5.74, 6) is 0.0986. The largest absolute Gasteiger partial charge is 0.387 e. The molecule has 0 aliphatic carbocycles. The smallest absolute Gasteiger partial charge is 0.258 e. The summed E-state index contributed by atoms with van der Waals surface area (Å²) in [4.78, 5) is 17.0. The molecule has 29 heavy (non-hydrogen) atoms. The Balaban J connectivity index is 1.51. The molecule has 154 valence electrons. The van der Waals surface area contributed by atoms with Gasteiger partial charge in [-0.25, -0.2) is 4.39 Å². The molecule has 2 aromatic carbocycles. The summed E-state index contributed by atoms with van der Waals surface area (Å²) >= 11 is 0. The van der Waals surface area contributed by atoms with Crippen molar-refractivity contribution in [3.8, 4) is 0 Å². The third-order valence-electron chi connectivity index (χ3n) is 6.10. The Labute approximate surface area is 171 Å². The number of hydrogen-bond donors (Lipinski definition) is 1. The molecule has 5 heteroatoms. The number of halogens is 1. The topological polar surface area (TPSA) is 43.8 Å². The fourth-order valence-electron chi connectivity index (χ4n) is 4.62. The van der Waals surface area contributed by atoms with Crippen molar-refractivity contribution in [2.45, 2.75) is 38.7 Å². The van der Waals surface area contributed by atoms with Crippen LogP contribution in [0.5, 0.6) is 0 Å². The molecule has 1 N–H and O–H groups in total. The van der Waals surface area contributed by atoms with Crippen LogP contribution in [0.1, 0.15) is 53.8 Å². The fourth-order valence-corrected chi connectivity index (χ4v) is 4.62. The van der Waals surface area contributed by atoms with E-state index in [1.54, 1.807) is 17.0 Å². The van der Waals surface area contributed by atoms with E-state index in [1.807, 2.05) is 18.2 Å². The van der Waals surface area contributed by atoms with E-state index in [2.05, 4.69) is 11.8 Å². The van der Waals surface area contributed by atoms with Crippen LogP contribution >= 0.6 is 0 Å². The zero-order chi connectivity index (χ0) is 20.4. The highest BCUT2D eigenvalue weighted by Gasteiger charge is 2.25. The lowest BCUT2D eigenvalue weighted by Crippen LogP contribution is -2.37. The second-order valence-electron chi connectivity index (χ2n) is 8.48. The number of nitrogens with zero attached hydrogens (tertiary/aromatic N) is 2. The first kappa shape index (κ1) is 20.0. The van der Waals surface area contributed by atoms with Crippen LogP contribution in [0.4, 0.5) is 10.1 Å². The number of anilines is 1. The maximum atomic E-state index is 13.5. The number of aryl methyl sites for hydroxylation is 1. The number of amides is 1. The van der Waals surface area contributed by atoms with Crippen molar-refractivity contribution >= 4 is 11.6 Å². The minimum Gasteiger partial charge on any atom is -0.387 e. The molecule has 2 aliphatic heterocycles. The summed E-state index contributed by atoms with van der Waals surface area (Å²) in [5, 5.41) is 10.8. The van der Waals surface area contributed by atoms with Crippen LogP contribution in [0.15, 0.2) is 42.5 Å². The van der Waals surface area contributed by atoms with Gasteiger partial charge in [0.15, 0.2) is 0 Å². The zero-order valence-electron chi connectivity index (χ0n) is 17.0. The number of benzene rings is 2. The number of carbonyl (C=O) groups excluding carboxylic acids is 1. The predicted octanol–water partition coefficient (Wildman–Crippen LogP) is 4.18. The number of fused-ring (bicyclic) bond motifs is 1. The summed E-state index contributed by atoms with van der Waals surface area (Å²) in [6.45, 7) is 5.62. The molecule has 0 saturated carbocycles. The molecule has 0 radical (unpaired) electrons. The number of rotatable bonds is 4. The Morgan fingerprint density at radius 1 is 1.21 bits per heavy atom. The second kappa shape index (κ2) is 8.64. The first-order valence-corrected chi connectivity index (χ1v) is 10.6. The van der Waals surface area contributed by atoms with Crippen molar-refractivity contribution in [1.29, 1.82) is 0 Å². The summed E-state index contributed by atoms with van der Waals surface area (Å²) in [7, 11) is 0. The Hall–Kier alpha value is -2.24. The Bertz CT molecular complexity index is 885. The molecule has 1 amide bonds. The van der Waals surface area contributed by atoms with E-state index in [0.29, 0.717) is 24.6 Å². The Kier molecular flexibility index (Phi) is 5.97. The van der Waals surface area contributed by atoms with Crippen LogP contribution in [0.3, 0.4) is 0 Å². The summed E-state index contributed by atoms with van der Waals surface area (Å²) < 4.78 is 13.5. The lowest BCUT2D eigenvalue weighted by Gasteiger charge is -2.33. The van der Waals surface area contributed by atoms with E-state index in [4.69, 9.17) is 0 Å². The van der Waals surface area contributed by atoms with E-state index in [-0.39, 0.29) is 5.91 Å². The third kappa shape index (κ3) is 4.51. The maximum Gasteiger partial charge on any atom is 0.258 e. The van der Waals surface area contributed by atoms with Gasteiger partial charge >= 0.3 is 0 Å². The molecule has 4 nitrogen and oxygen atoms in total. The van der Waals surface area contributed by atoms with Crippen LogP contribution in [-0.4, -0.2) is 42.1 Å². The molecule has 2 heterocycles. The van der Waals surface area contributed by atoms with Crippen LogP contribution in [0.25, 0.3) is 0 Å². The number of hydrogen-bond acceptors (Lipinski definition) is 3. The van der Waals surface area contributed by atoms with Crippen LogP contribution in [0.2, 0.25) is 0 Å². The minimum atomic E-state index is -0.528. The van der Waals surface area contributed by atoms with E-state index < -0.39 is 11.9 Å². The first-order chi connectivity index (χ1) is 14.0. The zero-order valence-corrected chi connectivity index (χ0v) is 17.0. The van der Waals surface area contributed by atoms with Gasteiger partial charge < -0.3 is 14.9 Å². The van der Waals surface area contributed by atoms with Gasteiger partial charge in [0.25, 0.3) is 5.91 Å². The molecule has 1 saturated heterocycles. The average Bonchev–Trinajstić information content (AvgIpc) is 2.72. The fraction of sp³-hybridized carbons (Fsp3) is 0.458. The predicted molar refractivity (Wildman–Crippen MR) is 113 cm³/mol. The van der Waals surface area contributed by atoms with Crippen molar-refractivity contribution in [1.82, 2.24) is 4.90 Å². The number of likely N-dealkylation sites (tertiary alicyclic amines) is 1. The van der Waals surface area contributed by atoms with Gasteiger partial charge in [-0.2, -0.15) is 0 Å². The molecular weight excluding hydrogens is 367 g/mol. The third-order valence-corrected chi connectivity index (χ3v) is 6.10. The first-order valence-electron chi connectivity index (χ1n) is 10.6. The van der Waals surface area contributed by atoms with Crippen LogP contribution in [0, 0.1) is 11.7 Å². The monoisotopic (exact) mass is 396 g/mol. The number of aliphatic hydroxyl groups excluding tert-OH is 1. The summed E-state index contributed by atoms with van der Waals surface area (Å²) in [6.07, 6.45) is 3.66. The minimum absolute atomic E-state index is 0.180. The van der Waals surface area contributed by atoms with Crippen LogP contribution in [-0.2, 0) is 6.42 Å². The SMILES string of the molecule is C[C@H]1CCCN(C[C@H](O)c2ccc3c(c2)CCCN3C(=O)c2cccc(F)c2)C1. The van der Waals surface area contributed by atoms with Gasteiger partial charge in [0.05, 0.1) is 6.10 Å². The number of aliphatic hydroxyl groups is 1. The molecular formula is C24H29FN2O2. The van der Waals surface area contributed by atoms with Crippen LogP contribution < -0.4 is 4.90 Å². The summed E-state index contributed by atoms with van der Waals surface area (Å²) in [6, 6.07) is 11.7. The van der Waals surface area contributed by atoms with Gasteiger partial charge in [-0.3, -0.25) is 4.79 Å². The molecule has 0 aromatic heterocycles. The van der Waals surface area contributed by atoms with Crippen molar-refractivity contribution in [2.24, 2.45) is 5.92 Å². The normalized spacial score (nSPS) is 20.9. The molecule has 0 spiro atoms. The maximum absolute atomic E-state index is 13.5. The summed E-state index contributed by atoms with van der Waals surface area (Å²) in [5.41, 5.74) is 3.21. The van der Waals surface area contributed by atoms with Gasteiger partial charge in [-0.05, 0) is 73.5 Å². The van der Waals surface area contributed by atoms with E-state index in [1.165, 1.54) is 25.0 Å². The standard InChI is InChI=1S/C24H29FN2O2/c1-17-5-3-11-26(15-17)16-23(28)19-9-10-22-18(13-19)7-4-12-27(22)24(29)20-6-2-8-21(25)14-20/h2,6,8-10,13-14,17,23,28H,3-5,7,11-12,15-16H2,1H3/t17-,23-/m0/s1. The molecule has 0 unspecified atom stereocenters. The Morgan fingerprint density at radius 3 is 2.86 bits per heavy atom. The van der Waals surface area contributed by atoms with Gasteiger partial charge in [0.1, 0.15) is 5.82 Å². The van der Waals surface area contributed by atoms with Gasteiger partial charge in [0.2, 0.25) is 0 Å². The number of carbonyl (C=O) groups is 1. The second-order valence-corrected chi connectivity index (χ2v) is 8.48. The molecule has 0 bridgehead atoms.